The molecule has 112 valence electrons. The Hall–Kier alpha value is -1.40. The van der Waals surface area contributed by atoms with Gasteiger partial charge in [0.05, 0.1) is 17.0 Å². The van der Waals surface area contributed by atoms with Crippen LogP contribution in [0.4, 0.5) is 11.4 Å². The second kappa shape index (κ2) is 7.40. The van der Waals surface area contributed by atoms with Crippen LogP contribution in [0.3, 0.4) is 0 Å². The quantitative estimate of drug-likeness (QED) is 0.574. The van der Waals surface area contributed by atoms with Gasteiger partial charge in [-0.2, -0.15) is 11.8 Å². The number of nitrogen functional groups attached to an aromatic ring is 1. The standard InChI is InChI=1S/C14H23N3O2S/c1-4-16-13(18)10-5-6-12(11(15)7-10)17-8-14(2,19)9-20-3/h5-7,17,19H,4,8-9,15H2,1-3H3,(H,16,18). The third-order valence-electron chi connectivity index (χ3n) is 2.77. The van der Waals surface area contributed by atoms with Crippen LogP contribution in [0.5, 0.6) is 0 Å². The van der Waals surface area contributed by atoms with Gasteiger partial charge in [-0.15, -0.1) is 0 Å². The number of nitrogens with two attached hydrogens (primary N) is 1. The Morgan fingerprint density at radius 3 is 2.75 bits per heavy atom. The zero-order chi connectivity index (χ0) is 15.2. The van der Waals surface area contributed by atoms with Gasteiger partial charge in [-0.25, -0.2) is 0 Å². The van der Waals surface area contributed by atoms with Crippen molar-refractivity contribution in [2.45, 2.75) is 19.4 Å². The molecule has 0 heterocycles. The van der Waals surface area contributed by atoms with Crippen LogP contribution < -0.4 is 16.4 Å². The molecule has 0 fully saturated rings. The van der Waals surface area contributed by atoms with E-state index in [4.69, 9.17) is 5.73 Å². The van der Waals surface area contributed by atoms with Crippen molar-refractivity contribution in [3.63, 3.8) is 0 Å². The molecule has 1 aromatic carbocycles. The Morgan fingerprint density at radius 1 is 1.50 bits per heavy atom. The average Bonchev–Trinajstić information content (AvgIpc) is 2.37. The van der Waals surface area contributed by atoms with Crippen molar-refractivity contribution in [1.82, 2.24) is 5.32 Å². The molecule has 1 unspecified atom stereocenters. The molecule has 0 aliphatic carbocycles. The van der Waals surface area contributed by atoms with Gasteiger partial charge < -0.3 is 21.5 Å². The minimum atomic E-state index is -0.801. The summed E-state index contributed by atoms with van der Waals surface area (Å²) in [5.41, 5.74) is 6.88. The minimum absolute atomic E-state index is 0.139. The maximum absolute atomic E-state index is 11.7. The minimum Gasteiger partial charge on any atom is -0.397 e. The predicted molar refractivity (Wildman–Crippen MR) is 86.4 cm³/mol. The van der Waals surface area contributed by atoms with E-state index in [1.165, 1.54) is 0 Å². The third kappa shape index (κ3) is 4.94. The van der Waals surface area contributed by atoms with E-state index in [0.29, 0.717) is 30.1 Å². The van der Waals surface area contributed by atoms with Gasteiger partial charge in [-0.05, 0) is 38.3 Å². The number of hydrogen-bond acceptors (Lipinski definition) is 5. The van der Waals surface area contributed by atoms with Crippen LogP contribution in [-0.4, -0.2) is 41.7 Å². The first-order valence-electron chi connectivity index (χ1n) is 6.52. The highest BCUT2D eigenvalue weighted by Crippen LogP contribution is 2.21. The lowest BCUT2D eigenvalue weighted by atomic mass is 10.1. The van der Waals surface area contributed by atoms with Gasteiger partial charge in [0.15, 0.2) is 0 Å². The molecule has 20 heavy (non-hydrogen) atoms. The fourth-order valence-corrected chi connectivity index (χ4v) is 2.50. The van der Waals surface area contributed by atoms with E-state index in [9.17, 15) is 9.90 Å². The molecule has 0 spiro atoms. The van der Waals surface area contributed by atoms with E-state index >= 15 is 0 Å². The summed E-state index contributed by atoms with van der Waals surface area (Å²) in [5.74, 6) is 0.497. The molecular weight excluding hydrogens is 274 g/mol. The monoisotopic (exact) mass is 297 g/mol. The fourth-order valence-electron chi connectivity index (χ4n) is 1.78. The molecule has 0 radical (unpaired) electrons. The van der Waals surface area contributed by atoms with E-state index in [1.807, 2.05) is 13.2 Å². The molecule has 0 bridgehead atoms. The maximum Gasteiger partial charge on any atom is 0.251 e. The van der Waals surface area contributed by atoms with Gasteiger partial charge in [0.1, 0.15) is 0 Å². The first-order valence-corrected chi connectivity index (χ1v) is 7.92. The number of hydrogen-bond donors (Lipinski definition) is 4. The molecule has 1 atom stereocenters. The number of amides is 1. The topological polar surface area (TPSA) is 87.4 Å². The van der Waals surface area contributed by atoms with Crippen molar-refractivity contribution in [2.24, 2.45) is 0 Å². The van der Waals surface area contributed by atoms with Crippen LogP contribution in [0.15, 0.2) is 18.2 Å². The normalized spacial score (nSPS) is 13.6. The number of rotatable bonds is 7. The summed E-state index contributed by atoms with van der Waals surface area (Å²) < 4.78 is 0. The zero-order valence-corrected chi connectivity index (χ0v) is 13.0. The first kappa shape index (κ1) is 16.7. The van der Waals surface area contributed by atoms with Crippen molar-refractivity contribution in [3.8, 4) is 0 Å². The molecule has 5 N–H and O–H groups in total. The van der Waals surface area contributed by atoms with Crippen molar-refractivity contribution < 1.29 is 9.90 Å². The maximum atomic E-state index is 11.7. The number of benzene rings is 1. The molecular formula is C14H23N3O2S. The molecule has 0 saturated heterocycles. The van der Waals surface area contributed by atoms with Crippen molar-refractivity contribution in [1.29, 1.82) is 0 Å². The molecule has 1 amide bonds. The summed E-state index contributed by atoms with van der Waals surface area (Å²) in [7, 11) is 0. The van der Waals surface area contributed by atoms with Gasteiger partial charge >= 0.3 is 0 Å². The smallest absolute Gasteiger partial charge is 0.251 e. The van der Waals surface area contributed by atoms with Crippen LogP contribution in [0.25, 0.3) is 0 Å². The zero-order valence-electron chi connectivity index (χ0n) is 12.2. The predicted octanol–water partition coefficient (Wildman–Crippen LogP) is 1.54. The number of carbonyl (C=O) groups is 1. The van der Waals surface area contributed by atoms with Crippen molar-refractivity contribution in [3.05, 3.63) is 23.8 Å². The van der Waals surface area contributed by atoms with Crippen LogP contribution in [-0.2, 0) is 0 Å². The molecule has 5 nitrogen and oxygen atoms in total. The van der Waals surface area contributed by atoms with Gasteiger partial charge in [-0.3, -0.25) is 4.79 Å². The summed E-state index contributed by atoms with van der Waals surface area (Å²) in [6, 6.07) is 5.11. The Kier molecular flexibility index (Phi) is 6.16. The molecule has 0 aromatic heterocycles. The summed E-state index contributed by atoms with van der Waals surface area (Å²) in [5, 5.41) is 15.9. The lowest BCUT2D eigenvalue weighted by molar-refractivity contribution is 0.0954. The number of carbonyl (C=O) groups excluding carboxylic acids is 1. The fraction of sp³-hybridized carbons (Fsp3) is 0.500. The molecule has 6 heteroatoms. The summed E-state index contributed by atoms with van der Waals surface area (Å²) in [4.78, 5) is 11.7. The number of nitrogens with one attached hydrogen (secondary N) is 2. The molecule has 0 aliphatic rings. The summed E-state index contributed by atoms with van der Waals surface area (Å²) in [6.07, 6.45) is 1.95. The van der Waals surface area contributed by atoms with E-state index < -0.39 is 5.60 Å². The second-order valence-electron chi connectivity index (χ2n) is 4.94. The van der Waals surface area contributed by atoms with E-state index in [1.54, 1.807) is 36.9 Å². The van der Waals surface area contributed by atoms with Crippen molar-refractivity contribution >= 4 is 29.0 Å². The lowest BCUT2D eigenvalue weighted by Gasteiger charge is -2.23. The van der Waals surface area contributed by atoms with Gasteiger partial charge in [-0.1, -0.05) is 0 Å². The van der Waals surface area contributed by atoms with Crippen LogP contribution in [0.2, 0.25) is 0 Å². The third-order valence-corrected chi connectivity index (χ3v) is 3.68. The van der Waals surface area contributed by atoms with E-state index in [2.05, 4.69) is 10.6 Å². The van der Waals surface area contributed by atoms with Crippen LogP contribution in [0, 0.1) is 0 Å². The molecule has 0 aliphatic heterocycles. The Labute approximate surface area is 124 Å². The van der Waals surface area contributed by atoms with Gasteiger partial charge in [0, 0.05) is 24.4 Å². The van der Waals surface area contributed by atoms with E-state index in [-0.39, 0.29) is 5.91 Å². The van der Waals surface area contributed by atoms with E-state index in [0.717, 1.165) is 5.69 Å². The lowest BCUT2D eigenvalue weighted by Crippen LogP contribution is -2.36. The highest BCUT2D eigenvalue weighted by molar-refractivity contribution is 7.98. The molecule has 1 aromatic rings. The number of anilines is 2. The highest BCUT2D eigenvalue weighted by Gasteiger charge is 2.19. The SMILES string of the molecule is CCNC(=O)c1ccc(NCC(C)(O)CSC)c(N)c1. The molecule has 0 saturated carbocycles. The Morgan fingerprint density at radius 2 is 2.20 bits per heavy atom. The highest BCUT2D eigenvalue weighted by atomic mass is 32.2. The Bertz CT molecular complexity index is 464. The largest absolute Gasteiger partial charge is 0.397 e. The Balaban J connectivity index is 2.71. The van der Waals surface area contributed by atoms with Crippen LogP contribution in [0.1, 0.15) is 24.2 Å². The van der Waals surface area contributed by atoms with Crippen LogP contribution >= 0.6 is 11.8 Å². The summed E-state index contributed by atoms with van der Waals surface area (Å²) in [6.45, 7) is 4.62. The number of aliphatic hydroxyl groups is 1. The van der Waals surface area contributed by atoms with Crippen molar-refractivity contribution in [2.75, 3.05) is 36.1 Å². The van der Waals surface area contributed by atoms with Gasteiger partial charge in [0.25, 0.3) is 5.91 Å². The second-order valence-corrected chi connectivity index (χ2v) is 5.81. The number of thioether (sulfide) groups is 1. The first-order chi connectivity index (χ1) is 9.39. The van der Waals surface area contributed by atoms with Gasteiger partial charge in [0.2, 0.25) is 0 Å². The molecule has 1 rings (SSSR count). The average molecular weight is 297 g/mol. The summed E-state index contributed by atoms with van der Waals surface area (Å²) >= 11 is 1.59.